The fourth-order valence-corrected chi connectivity index (χ4v) is 3.93. The molecular weight excluding hydrogens is 400 g/mol. The van der Waals surface area contributed by atoms with E-state index in [1.807, 2.05) is 24.3 Å². The molecule has 1 fully saturated rings. The fourth-order valence-electron chi connectivity index (χ4n) is 3.93. The average Bonchev–Trinajstić information content (AvgIpc) is 3.37. The zero-order chi connectivity index (χ0) is 22.0. The number of benzene rings is 2. The third-order valence-electron chi connectivity index (χ3n) is 5.78. The van der Waals surface area contributed by atoms with Gasteiger partial charge >= 0.3 is 0 Å². The predicted molar refractivity (Wildman–Crippen MR) is 129 cm³/mol. The summed E-state index contributed by atoms with van der Waals surface area (Å²) < 4.78 is 10.7. The summed E-state index contributed by atoms with van der Waals surface area (Å²) in [5, 5.41) is 7.14. The second-order valence-corrected chi connectivity index (χ2v) is 8.01. The zero-order valence-electron chi connectivity index (χ0n) is 18.7. The second-order valence-electron chi connectivity index (χ2n) is 8.01. The third kappa shape index (κ3) is 6.30. The number of hydrogen-bond donors (Lipinski definition) is 2. The van der Waals surface area contributed by atoms with E-state index in [0.717, 1.165) is 61.9 Å². The summed E-state index contributed by atoms with van der Waals surface area (Å²) in [7, 11) is 1.68. The number of nitrogens with one attached hydrogen (secondary N) is 2. The van der Waals surface area contributed by atoms with Crippen LogP contribution in [0.5, 0.6) is 5.75 Å². The number of aliphatic imine (C=N–C) groups is 1. The van der Waals surface area contributed by atoms with Gasteiger partial charge in [-0.1, -0.05) is 30.3 Å². The summed E-state index contributed by atoms with van der Waals surface area (Å²) in [5.74, 6) is 2.69. The molecule has 0 unspecified atom stereocenters. The van der Waals surface area contributed by atoms with Gasteiger partial charge in [0.25, 0.3) is 0 Å². The van der Waals surface area contributed by atoms with Crippen LogP contribution in [-0.4, -0.2) is 38.7 Å². The van der Waals surface area contributed by atoms with Crippen LogP contribution < -0.4 is 20.3 Å². The Morgan fingerprint density at radius 3 is 2.50 bits per heavy atom. The topological polar surface area (TPSA) is 62.0 Å². The molecule has 1 aliphatic rings. The van der Waals surface area contributed by atoms with Crippen molar-refractivity contribution in [3.05, 3.63) is 84.3 Å². The number of hydrogen-bond acceptors (Lipinski definition) is 4. The van der Waals surface area contributed by atoms with Gasteiger partial charge in [0, 0.05) is 37.8 Å². The summed E-state index contributed by atoms with van der Waals surface area (Å²) in [6.07, 6.45) is 4.70. The number of piperidine rings is 1. The molecule has 0 aliphatic carbocycles. The van der Waals surface area contributed by atoms with Crippen molar-refractivity contribution in [1.82, 2.24) is 10.6 Å². The molecule has 6 heteroatoms. The Labute approximate surface area is 190 Å². The molecule has 0 atom stereocenters. The summed E-state index contributed by atoms with van der Waals surface area (Å²) in [6, 6.07) is 23.0. The first-order chi connectivity index (χ1) is 15.8. The second kappa shape index (κ2) is 11.3. The van der Waals surface area contributed by atoms with Crippen LogP contribution in [0.3, 0.4) is 0 Å². The van der Waals surface area contributed by atoms with Crippen LogP contribution in [0.2, 0.25) is 0 Å². The lowest BCUT2D eigenvalue weighted by Gasteiger charge is -2.34. The van der Waals surface area contributed by atoms with Crippen LogP contribution in [-0.2, 0) is 13.0 Å². The highest BCUT2D eigenvalue weighted by Crippen LogP contribution is 2.19. The quantitative estimate of drug-likeness (QED) is 0.412. The SMILES string of the molecule is COc1ccc(CN=C(NCCc2ccco2)NC2CCN(c3ccccc3)CC2)cc1. The van der Waals surface area contributed by atoms with Crippen LogP contribution in [0.15, 0.2) is 82.4 Å². The van der Waals surface area contributed by atoms with Gasteiger partial charge < -0.3 is 24.7 Å². The highest BCUT2D eigenvalue weighted by Gasteiger charge is 2.20. The molecule has 1 saturated heterocycles. The molecule has 3 aromatic rings. The first kappa shape index (κ1) is 21.8. The smallest absolute Gasteiger partial charge is 0.191 e. The molecule has 2 aromatic carbocycles. The minimum absolute atomic E-state index is 0.403. The van der Waals surface area contributed by atoms with Gasteiger partial charge in [-0.25, -0.2) is 4.99 Å². The number of guanidine groups is 1. The number of rotatable bonds is 8. The molecule has 0 radical (unpaired) electrons. The minimum Gasteiger partial charge on any atom is -0.497 e. The molecule has 2 N–H and O–H groups in total. The molecule has 6 nitrogen and oxygen atoms in total. The van der Waals surface area contributed by atoms with Crippen molar-refractivity contribution in [3.8, 4) is 5.75 Å². The van der Waals surface area contributed by atoms with Crippen molar-refractivity contribution >= 4 is 11.6 Å². The lowest BCUT2D eigenvalue weighted by Crippen LogP contribution is -2.49. The van der Waals surface area contributed by atoms with E-state index in [1.54, 1.807) is 13.4 Å². The molecule has 0 bridgehead atoms. The maximum absolute atomic E-state index is 5.45. The molecule has 2 heterocycles. The average molecular weight is 433 g/mol. The van der Waals surface area contributed by atoms with Gasteiger partial charge in [-0.3, -0.25) is 0 Å². The molecule has 168 valence electrons. The van der Waals surface area contributed by atoms with E-state index < -0.39 is 0 Å². The highest BCUT2D eigenvalue weighted by molar-refractivity contribution is 5.80. The highest BCUT2D eigenvalue weighted by atomic mass is 16.5. The van der Waals surface area contributed by atoms with Gasteiger partial charge in [0.2, 0.25) is 0 Å². The van der Waals surface area contributed by atoms with Crippen LogP contribution in [0, 0.1) is 0 Å². The number of para-hydroxylation sites is 1. The Hall–Kier alpha value is -3.41. The number of ether oxygens (including phenoxy) is 1. The van der Waals surface area contributed by atoms with Gasteiger partial charge in [0.15, 0.2) is 5.96 Å². The van der Waals surface area contributed by atoms with Crippen molar-refractivity contribution in [1.29, 1.82) is 0 Å². The van der Waals surface area contributed by atoms with Crippen LogP contribution >= 0.6 is 0 Å². The number of methoxy groups -OCH3 is 1. The van der Waals surface area contributed by atoms with Gasteiger partial charge in [0.1, 0.15) is 11.5 Å². The zero-order valence-corrected chi connectivity index (χ0v) is 18.7. The molecular formula is C26H32N4O2. The van der Waals surface area contributed by atoms with E-state index in [2.05, 4.69) is 58.0 Å². The van der Waals surface area contributed by atoms with Gasteiger partial charge in [-0.2, -0.15) is 0 Å². The Balaban J connectivity index is 1.34. The van der Waals surface area contributed by atoms with Crippen molar-refractivity contribution in [2.45, 2.75) is 31.8 Å². The molecule has 4 rings (SSSR count). The van der Waals surface area contributed by atoms with Crippen molar-refractivity contribution < 1.29 is 9.15 Å². The summed E-state index contributed by atoms with van der Waals surface area (Å²) in [6.45, 7) is 3.47. The molecule has 32 heavy (non-hydrogen) atoms. The van der Waals surface area contributed by atoms with E-state index in [9.17, 15) is 0 Å². The monoisotopic (exact) mass is 432 g/mol. The largest absolute Gasteiger partial charge is 0.497 e. The minimum atomic E-state index is 0.403. The number of furan rings is 1. The lowest BCUT2D eigenvalue weighted by molar-refractivity contribution is 0.414. The van der Waals surface area contributed by atoms with Crippen LogP contribution in [0.1, 0.15) is 24.2 Å². The van der Waals surface area contributed by atoms with E-state index >= 15 is 0 Å². The van der Waals surface area contributed by atoms with E-state index in [1.165, 1.54) is 5.69 Å². The maximum Gasteiger partial charge on any atom is 0.191 e. The standard InChI is InChI=1S/C26H32N4O2/c1-31-24-11-9-21(10-12-24)20-28-26(27-16-13-25-8-5-19-32-25)29-22-14-17-30(18-15-22)23-6-3-2-4-7-23/h2-12,19,22H,13-18,20H2,1H3,(H2,27,28,29). The first-order valence-corrected chi connectivity index (χ1v) is 11.3. The first-order valence-electron chi connectivity index (χ1n) is 11.3. The fraction of sp³-hybridized carbons (Fsp3) is 0.346. The number of anilines is 1. The predicted octanol–water partition coefficient (Wildman–Crippen LogP) is 4.24. The van der Waals surface area contributed by atoms with Gasteiger partial charge in [0.05, 0.1) is 19.9 Å². The molecule has 0 spiro atoms. The lowest BCUT2D eigenvalue weighted by atomic mass is 10.0. The van der Waals surface area contributed by atoms with E-state index in [-0.39, 0.29) is 0 Å². The van der Waals surface area contributed by atoms with Gasteiger partial charge in [-0.15, -0.1) is 0 Å². The summed E-state index contributed by atoms with van der Waals surface area (Å²) in [5.41, 5.74) is 2.45. The van der Waals surface area contributed by atoms with Crippen molar-refractivity contribution in [3.63, 3.8) is 0 Å². The molecule has 0 saturated carbocycles. The van der Waals surface area contributed by atoms with Crippen molar-refractivity contribution in [2.24, 2.45) is 4.99 Å². The Bertz CT molecular complexity index is 947. The third-order valence-corrected chi connectivity index (χ3v) is 5.78. The van der Waals surface area contributed by atoms with Crippen molar-refractivity contribution in [2.75, 3.05) is 31.6 Å². The maximum atomic E-state index is 5.45. The Kier molecular flexibility index (Phi) is 7.69. The summed E-state index contributed by atoms with van der Waals surface area (Å²) >= 11 is 0. The van der Waals surface area contributed by atoms with Gasteiger partial charge in [-0.05, 0) is 54.8 Å². The van der Waals surface area contributed by atoms with Crippen LogP contribution in [0.25, 0.3) is 0 Å². The molecule has 0 amide bonds. The summed E-state index contributed by atoms with van der Waals surface area (Å²) in [4.78, 5) is 7.30. The van der Waals surface area contributed by atoms with Crippen LogP contribution in [0.4, 0.5) is 5.69 Å². The molecule has 1 aromatic heterocycles. The van der Waals surface area contributed by atoms with E-state index in [0.29, 0.717) is 12.6 Å². The Morgan fingerprint density at radius 2 is 1.81 bits per heavy atom. The number of nitrogens with zero attached hydrogens (tertiary/aromatic N) is 2. The molecule has 1 aliphatic heterocycles. The Morgan fingerprint density at radius 1 is 1.03 bits per heavy atom. The van der Waals surface area contributed by atoms with E-state index in [4.69, 9.17) is 14.1 Å². The normalized spacial score (nSPS) is 14.9.